The molecule has 92 valence electrons. The quantitative estimate of drug-likeness (QED) is 0.644. The molecule has 0 bridgehead atoms. The van der Waals surface area contributed by atoms with Crippen molar-refractivity contribution in [2.24, 2.45) is 0 Å². The molecule has 0 unspecified atom stereocenters. The fourth-order valence-corrected chi connectivity index (χ4v) is 2.19. The van der Waals surface area contributed by atoms with Crippen molar-refractivity contribution in [3.63, 3.8) is 0 Å². The molecule has 0 amide bonds. The van der Waals surface area contributed by atoms with Crippen molar-refractivity contribution >= 4 is 11.4 Å². The van der Waals surface area contributed by atoms with Gasteiger partial charge in [-0.05, 0) is 37.8 Å². The van der Waals surface area contributed by atoms with Gasteiger partial charge in [-0.15, -0.1) is 0 Å². The molecule has 1 saturated carbocycles. The van der Waals surface area contributed by atoms with Gasteiger partial charge in [-0.2, -0.15) is 0 Å². The molecular weight excluding hydrogens is 220 g/mol. The number of nitro groups is 1. The second-order valence-corrected chi connectivity index (χ2v) is 4.18. The van der Waals surface area contributed by atoms with E-state index in [0.29, 0.717) is 11.4 Å². The average molecular weight is 236 g/mol. The third kappa shape index (κ3) is 2.49. The van der Waals surface area contributed by atoms with Gasteiger partial charge in [-0.25, -0.2) is 0 Å². The van der Waals surface area contributed by atoms with Crippen molar-refractivity contribution in [3.8, 4) is 5.75 Å². The van der Waals surface area contributed by atoms with Gasteiger partial charge in [0.15, 0.2) is 5.75 Å². The van der Waals surface area contributed by atoms with E-state index in [1.54, 1.807) is 25.2 Å². The maximum atomic E-state index is 11.1. The third-order valence-electron chi connectivity index (χ3n) is 3.05. The van der Waals surface area contributed by atoms with Crippen LogP contribution in [0.5, 0.6) is 5.75 Å². The lowest BCUT2D eigenvalue weighted by Gasteiger charge is -2.14. The lowest BCUT2D eigenvalue weighted by Crippen LogP contribution is -2.12. The third-order valence-corrected chi connectivity index (χ3v) is 3.05. The number of hydrogen-bond donors (Lipinski definition) is 1. The number of anilines is 1. The molecule has 0 spiro atoms. The predicted molar refractivity (Wildman–Crippen MR) is 65.5 cm³/mol. The number of rotatable bonds is 4. The van der Waals surface area contributed by atoms with Gasteiger partial charge in [0.05, 0.1) is 11.0 Å². The van der Waals surface area contributed by atoms with E-state index in [1.165, 1.54) is 0 Å². The van der Waals surface area contributed by atoms with Crippen LogP contribution in [-0.2, 0) is 0 Å². The van der Waals surface area contributed by atoms with Crippen LogP contribution >= 0.6 is 0 Å². The van der Waals surface area contributed by atoms with Crippen molar-refractivity contribution in [2.75, 3.05) is 12.4 Å². The molecule has 0 aromatic heterocycles. The van der Waals surface area contributed by atoms with Crippen LogP contribution in [0.25, 0.3) is 0 Å². The molecule has 1 N–H and O–H groups in total. The minimum atomic E-state index is -0.393. The maximum absolute atomic E-state index is 11.1. The molecule has 0 heterocycles. The number of hydrogen-bond acceptors (Lipinski definition) is 4. The first-order valence-electron chi connectivity index (χ1n) is 5.84. The molecule has 1 aromatic rings. The second-order valence-electron chi connectivity index (χ2n) is 4.18. The molecule has 2 rings (SSSR count). The molecule has 5 heteroatoms. The van der Waals surface area contributed by atoms with Gasteiger partial charge in [-0.3, -0.25) is 10.1 Å². The Morgan fingerprint density at radius 1 is 1.41 bits per heavy atom. The summed E-state index contributed by atoms with van der Waals surface area (Å²) in [7, 11) is 1.67. The molecule has 1 aliphatic rings. The summed E-state index contributed by atoms with van der Waals surface area (Å²) in [4.78, 5) is 10.7. The summed E-state index contributed by atoms with van der Waals surface area (Å²) in [6, 6.07) is 5.11. The van der Waals surface area contributed by atoms with Crippen LogP contribution in [0, 0.1) is 10.1 Å². The number of para-hydroxylation sites is 1. The summed E-state index contributed by atoms with van der Waals surface area (Å²) >= 11 is 0. The predicted octanol–water partition coefficient (Wildman–Crippen LogP) is 2.96. The van der Waals surface area contributed by atoms with Crippen LogP contribution in [0.2, 0.25) is 0 Å². The minimum absolute atomic E-state index is 0.0295. The normalized spacial score (nSPS) is 15.8. The summed E-state index contributed by atoms with van der Waals surface area (Å²) < 4.78 is 5.73. The first-order chi connectivity index (χ1) is 8.22. The molecule has 0 aliphatic heterocycles. The van der Waals surface area contributed by atoms with E-state index in [2.05, 4.69) is 5.32 Å². The van der Waals surface area contributed by atoms with Crippen molar-refractivity contribution in [1.29, 1.82) is 0 Å². The SMILES string of the molecule is CNc1cccc(OC2CCCC2)c1[N+](=O)[O-]. The van der Waals surface area contributed by atoms with E-state index in [-0.39, 0.29) is 11.8 Å². The lowest BCUT2D eigenvalue weighted by atomic mass is 10.2. The van der Waals surface area contributed by atoms with Crippen LogP contribution in [0.3, 0.4) is 0 Å². The second kappa shape index (κ2) is 5.03. The van der Waals surface area contributed by atoms with E-state index in [4.69, 9.17) is 4.74 Å². The number of benzene rings is 1. The van der Waals surface area contributed by atoms with E-state index < -0.39 is 4.92 Å². The van der Waals surface area contributed by atoms with Crippen molar-refractivity contribution in [3.05, 3.63) is 28.3 Å². The number of nitrogens with one attached hydrogen (secondary N) is 1. The molecule has 0 radical (unpaired) electrons. The Bertz CT molecular complexity index is 414. The van der Waals surface area contributed by atoms with Gasteiger partial charge in [0.1, 0.15) is 5.69 Å². The standard InChI is InChI=1S/C12H16N2O3/c1-13-10-7-4-8-11(12(10)14(15)16)17-9-5-2-3-6-9/h4,7-9,13H,2-3,5-6H2,1H3. The summed E-state index contributed by atoms with van der Waals surface area (Å²) in [6.07, 6.45) is 4.39. The highest BCUT2D eigenvalue weighted by Gasteiger charge is 2.24. The molecule has 0 saturated heterocycles. The first-order valence-corrected chi connectivity index (χ1v) is 5.84. The van der Waals surface area contributed by atoms with Crippen molar-refractivity contribution < 1.29 is 9.66 Å². The largest absolute Gasteiger partial charge is 0.483 e. The molecule has 0 atom stereocenters. The fourth-order valence-electron chi connectivity index (χ4n) is 2.19. The van der Waals surface area contributed by atoms with Crippen molar-refractivity contribution in [1.82, 2.24) is 0 Å². The molecule has 5 nitrogen and oxygen atoms in total. The molecular formula is C12H16N2O3. The Labute approximate surface area is 99.9 Å². The summed E-state index contributed by atoms with van der Waals surface area (Å²) in [5, 5.41) is 13.9. The van der Waals surface area contributed by atoms with Gasteiger partial charge < -0.3 is 10.1 Å². The zero-order chi connectivity index (χ0) is 12.3. The minimum Gasteiger partial charge on any atom is -0.483 e. The number of nitro benzene ring substituents is 1. The zero-order valence-electron chi connectivity index (χ0n) is 9.81. The smallest absolute Gasteiger partial charge is 0.333 e. The van der Waals surface area contributed by atoms with Crippen molar-refractivity contribution in [2.45, 2.75) is 31.8 Å². The number of nitrogens with zero attached hydrogens (tertiary/aromatic N) is 1. The van der Waals surface area contributed by atoms with Crippen LogP contribution in [0.1, 0.15) is 25.7 Å². The first kappa shape index (κ1) is 11.7. The average Bonchev–Trinajstić information content (AvgIpc) is 2.81. The Morgan fingerprint density at radius 3 is 2.71 bits per heavy atom. The highest BCUT2D eigenvalue weighted by molar-refractivity contribution is 5.68. The molecule has 17 heavy (non-hydrogen) atoms. The van der Waals surface area contributed by atoms with Gasteiger partial charge in [0, 0.05) is 7.05 Å². The van der Waals surface area contributed by atoms with Crippen LogP contribution in [0.4, 0.5) is 11.4 Å². The maximum Gasteiger partial charge on any atom is 0.333 e. The summed E-state index contributed by atoms with van der Waals surface area (Å²) in [6.45, 7) is 0. The monoisotopic (exact) mass is 236 g/mol. The molecule has 1 aliphatic carbocycles. The molecule has 1 fully saturated rings. The van der Waals surface area contributed by atoms with Crippen LogP contribution < -0.4 is 10.1 Å². The van der Waals surface area contributed by atoms with E-state index in [0.717, 1.165) is 25.7 Å². The van der Waals surface area contributed by atoms with Gasteiger partial charge in [-0.1, -0.05) is 6.07 Å². The zero-order valence-corrected chi connectivity index (χ0v) is 9.81. The molecule has 1 aromatic carbocycles. The van der Waals surface area contributed by atoms with E-state index in [1.807, 2.05) is 0 Å². The Kier molecular flexibility index (Phi) is 3.46. The highest BCUT2D eigenvalue weighted by atomic mass is 16.6. The van der Waals surface area contributed by atoms with Gasteiger partial charge >= 0.3 is 5.69 Å². The Morgan fingerprint density at radius 2 is 2.12 bits per heavy atom. The summed E-state index contributed by atoms with van der Waals surface area (Å²) in [5.74, 6) is 0.369. The highest BCUT2D eigenvalue weighted by Crippen LogP contribution is 2.36. The van der Waals surface area contributed by atoms with E-state index >= 15 is 0 Å². The Hall–Kier alpha value is -1.78. The van der Waals surface area contributed by atoms with Crippen LogP contribution in [-0.4, -0.2) is 18.1 Å². The topological polar surface area (TPSA) is 64.4 Å². The van der Waals surface area contributed by atoms with E-state index in [9.17, 15) is 10.1 Å². The van der Waals surface area contributed by atoms with Crippen LogP contribution in [0.15, 0.2) is 18.2 Å². The van der Waals surface area contributed by atoms with Gasteiger partial charge in [0.25, 0.3) is 0 Å². The van der Waals surface area contributed by atoms with Gasteiger partial charge in [0.2, 0.25) is 0 Å². The fraction of sp³-hybridized carbons (Fsp3) is 0.500. The summed E-state index contributed by atoms with van der Waals surface area (Å²) in [5.41, 5.74) is 0.521. The Balaban J connectivity index is 2.28. The number of ether oxygens (including phenoxy) is 1. The lowest BCUT2D eigenvalue weighted by molar-refractivity contribution is -0.385.